The lowest BCUT2D eigenvalue weighted by molar-refractivity contribution is -0.137. The van der Waals surface area contributed by atoms with Crippen LogP contribution in [0.4, 0.5) is 19.0 Å². The van der Waals surface area contributed by atoms with E-state index in [0.29, 0.717) is 24.9 Å². The maximum Gasteiger partial charge on any atom is 0.417 e. The number of ether oxygens (including phenoxy) is 1. The molecule has 0 amide bonds. The number of nitrogens with two attached hydrogens (primary N) is 1. The van der Waals surface area contributed by atoms with Crippen LogP contribution in [-0.4, -0.2) is 21.4 Å². The Morgan fingerprint density at radius 3 is 2.70 bits per heavy atom. The number of hydrogen-bond acceptors (Lipinski definition) is 5. The molecule has 0 spiro atoms. The first-order chi connectivity index (χ1) is 10.9. The van der Waals surface area contributed by atoms with Crippen molar-refractivity contribution < 1.29 is 17.9 Å². The van der Waals surface area contributed by atoms with Gasteiger partial charge in [0.05, 0.1) is 5.56 Å². The lowest BCUT2D eigenvalue weighted by atomic mass is 10.1. The number of hydrogen-bond donors (Lipinski definition) is 1. The summed E-state index contributed by atoms with van der Waals surface area (Å²) in [7, 11) is 0. The van der Waals surface area contributed by atoms with Crippen molar-refractivity contribution in [3.8, 4) is 11.9 Å². The van der Waals surface area contributed by atoms with E-state index in [2.05, 4.69) is 10.1 Å². The molecule has 1 fully saturated rings. The van der Waals surface area contributed by atoms with Crippen LogP contribution in [0.3, 0.4) is 0 Å². The molecule has 2 N–H and O–H groups in total. The van der Waals surface area contributed by atoms with Gasteiger partial charge in [0, 0.05) is 12.8 Å². The highest BCUT2D eigenvalue weighted by Crippen LogP contribution is 2.33. The third-order valence-electron chi connectivity index (χ3n) is 3.59. The van der Waals surface area contributed by atoms with E-state index in [0.717, 1.165) is 23.2 Å². The number of nitrogen functional groups attached to an aromatic ring is 1. The fourth-order valence-electron chi connectivity index (χ4n) is 2.44. The molecular formula is C14H12F3N5O. The Morgan fingerprint density at radius 1 is 1.39 bits per heavy atom. The highest BCUT2D eigenvalue weighted by Gasteiger charge is 2.31. The summed E-state index contributed by atoms with van der Waals surface area (Å²) in [6, 6.07) is 4.02. The summed E-state index contributed by atoms with van der Waals surface area (Å²) in [6.45, 7) is 0.570. The van der Waals surface area contributed by atoms with Gasteiger partial charge in [-0.1, -0.05) is 0 Å². The summed E-state index contributed by atoms with van der Waals surface area (Å²) in [5, 5.41) is 13.5. The van der Waals surface area contributed by atoms with Crippen LogP contribution in [0.1, 0.15) is 35.8 Å². The zero-order chi connectivity index (χ0) is 16.6. The number of halogens is 3. The smallest absolute Gasteiger partial charge is 0.382 e. The van der Waals surface area contributed by atoms with Crippen LogP contribution >= 0.6 is 0 Å². The highest BCUT2D eigenvalue weighted by atomic mass is 19.4. The zero-order valence-corrected chi connectivity index (χ0v) is 11.8. The number of nitrogens with zero attached hydrogens (tertiary/aromatic N) is 4. The number of rotatable bonds is 2. The first-order valence-electron chi connectivity index (χ1n) is 6.85. The normalized spacial score (nSPS) is 18.1. The van der Waals surface area contributed by atoms with Crippen molar-refractivity contribution in [3.05, 3.63) is 35.2 Å². The average molecular weight is 323 g/mol. The summed E-state index contributed by atoms with van der Waals surface area (Å²) >= 11 is 0. The molecule has 3 heterocycles. The Balaban J connectivity index is 2.01. The topological polar surface area (TPSA) is 89.8 Å². The molecule has 1 aliphatic rings. The van der Waals surface area contributed by atoms with Gasteiger partial charge >= 0.3 is 6.18 Å². The molecule has 0 saturated carbocycles. The second-order valence-corrected chi connectivity index (χ2v) is 5.07. The van der Waals surface area contributed by atoms with Gasteiger partial charge in [0.25, 0.3) is 0 Å². The molecule has 2 aromatic heterocycles. The Kier molecular flexibility index (Phi) is 3.69. The van der Waals surface area contributed by atoms with Crippen molar-refractivity contribution in [1.82, 2.24) is 14.8 Å². The maximum atomic E-state index is 12.6. The predicted molar refractivity (Wildman–Crippen MR) is 73.4 cm³/mol. The van der Waals surface area contributed by atoms with Crippen LogP contribution in [0.25, 0.3) is 5.82 Å². The molecule has 1 aliphatic heterocycles. The molecule has 0 radical (unpaired) electrons. The quantitative estimate of drug-likeness (QED) is 0.917. The van der Waals surface area contributed by atoms with Crippen LogP contribution in [-0.2, 0) is 10.9 Å². The molecule has 1 unspecified atom stereocenters. The average Bonchev–Trinajstić information content (AvgIpc) is 3.14. The van der Waals surface area contributed by atoms with E-state index in [9.17, 15) is 18.4 Å². The number of aromatic nitrogens is 3. The van der Waals surface area contributed by atoms with Gasteiger partial charge in [-0.15, -0.1) is 0 Å². The number of nitriles is 1. The van der Waals surface area contributed by atoms with Crippen LogP contribution < -0.4 is 5.73 Å². The van der Waals surface area contributed by atoms with Crippen molar-refractivity contribution in [2.45, 2.75) is 25.1 Å². The van der Waals surface area contributed by atoms with E-state index < -0.39 is 11.7 Å². The van der Waals surface area contributed by atoms with Crippen LogP contribution in [0.5, 0.6) is 0 Å². The molecule has 6 nitrogen and oxygen atoms in total. The fraction of sp³-hybridized carbons (Fsp3) is 0.357. The Morgan fingerprint density at radius 2 is 2.17 bits per heavy atom. The maximum absolute atomic E-state index is 12.6. The van der Waals surface area contributed by atoms with E-state index in [-0.39, 0.29) is 23.3 Å². The molecule has 0 aliphatic carbocycles. The molecule has 2 aromatic rings. The number of anilines is 1. The molecule has 0 aromatic carbocycles. The fourth-order valence-corrected chi connectivity index (χ4v) is 2.44. The van der Waals surface area contributed by atoms with E-state index in [4.69, 9.17) is 10.5 Å². The highest BCUT2D eigenvalue weighted by molar-refractivity contribution is 5.56. The summed E-state index contributed by atoms with van der Waals surface area (Å²) in [6.07, 6.45) is -2.54. The number of alkyl halides is 3. The van der Waals surface area contributed by atoms with Gasteiger partial charge < -0.3 is 10.5 Å². The van der Waals surface area contributed by atoms with Gasteiger partial charge in [0.2, 0.25) is 0 Å². The van der Waals surface area contributed by atoms with Crippen LogP contribution in [0.15, 0.2) is 18.3 Å². The molecule has 0 bridgehead atoms. The first kappa shape index (κ1) is 15.3. The van der Waals surface area contributed by atoms with Gasteiger partial charge in [0.15, 0.2) is 5.82 Å². The molecular weight excluding hydrogens is 311 g/mol. The summed E-state index contributed by atoms with van der Waals surface area (Å²) in [5.41, 5.74) is 5.59. The van der Waals surface area contributed by atoms with E-state index in [1.165, 1.54) is 0 Å². The largest absolute Gasteiger partial charge is 0.417 e. The first-order valence-corrected chi connectivity index (χ1v) is 6.85. The summed E-state index contributed by atoms with van der Waals surface area (Å²) < 4.78 is 44.4. The third-order valence-corrected chi connectivity index (χ3v) is 3.59. The Hall–Kier alpha value is -2.60. The molecule has 1 atom stereocenters. The van der Waals surface area contributed by atoms with Crippen molar-refractivity contribution in [3.63, 3.8) is 0 Å². The zero-order valence-electron chi connectivity index (χ0n) is 11.8. The van der Waals surface area contributed by atoms with Crippen LogP contribution in [0.2, 0.25) is 0 Å². The van der Waals surface area contributed by atoms with Gasteiger partial charge in [-0.3, -0.25) is 0 Å². The third kappa shape index (κ3) is 2.73. The van der Waals surface area contributed by atoms with Gasteiger partial charge in [-0.25, -0.2) is 4.98 Å². The van der Waals surface area contributed by atoms with Gasteiger partial charge in [-0.2, -0.15) is 28.2 Å². The molecule has 9 heteroatoms. The summed E-state index contributed by atoms with van der Waals surface area (Å²) in [4.78, 5) is 3.74. The molecule has 23 heavy (non-hydrogen) atoms. The van der Waals surface area contributed by atoms with E-state index in [1.54, 1.807) is 0 Å². The lowest BCUT2D eigenvalue weighted by Crippen LogP contribution is -2.09. The van der Waals surface area contributed by atoms with Crippen molar-refractivity contribution >= 4 is 5.82 Å². The van der Waals surface area contributed by atoms with Gasteiger partial charge in [0.1, 0.15) is 29.2 Å². The SMILES string of the molecule is N#Cc1c(C2CCCO2)nn(-c2ccc(C(F)(F)F)cn2)c1N. The van der Waals surface area contributed by atoms with Crippen molar-refractivity contribution in [2.75, 3.05) is 12.3 Å². The second kappa shape index (κ2) is 5.55. The van der Waals surface area contributed by atoms with Gasteiger partial charge in [-0.05, 0) is 25.0 Å². The van der Waals surface area contributed by atoms with Crippen molar-refractivity contribution in [2.24, 2.45) is 0 Å². The standard InChI is InChI=1S/C14H12F3N5O/c15-14(16,17)8-3-4-11(20-7-8)22-13(19)9(6-18)12(21-22)10-2-1-5-23-10/h3-4,7,10H,1-2,5,19H2. The molecule has 120 valence electrons. The summed E-state index contributed by atoms with van der Waals surface area (Å²) in [5.74, 6) is 0.140. The number of pyridine rings is 1. The van der Waals surface area contributed by atoms with Crippen molar-refractivity contribution in [1.29, 1.82) is 5.26 Å². The van der Waals surface area contributed by atoms with E-state index >= 15 is 0 Å². The lowest BCUT2D eigenvalue weighted by Gasteiger charge is -2.07. The minimum Gasteiger partial charge on any atom is -0.382 e. The second-order valence-electron chi connectivity index (χ2n) is 5.07. The Labute approximate surface area is 129 Å². The molecule has 1 saturated heterocycles. The Bertz CT molecular complexity index is 754. The minimum atomic E-state index is -4.47. The minimum absolute atomic E-state index is 0.0326. The van der Waals surface area contributed by atoms with E-state index in [1.807, 2.05) is 6.07 Å². The van der Waals surface area contributed by atoms with Crippen LogP contribution in [0, 0.1) is 11.3 Å². The molecule has 3 rings (SSSR count). The monoisotopic (exact) mass is 323 g/mol. The predicted octanol–water partition coefficient (Wildman–Crippen LogP) is 2.59.